The van der Waals surface area contributed by atoms with Gasteiger partial charge in [0.2, 0.25) is 5.91 Å². The standard InChI is InChI=1S/C20H22FN3O3S/c1-28(27)18-8-2-15(3-9-18)20(26)24-12-10-23(11-13-24)14-19(25)22-17-6-4-16(21)5-7-17/h2-9H,10-14H2,1H3,(H,22,25). The van der Waals surface area contributed by atoms with Gasteiger partial charge in [0.25, 0.3) is 5.91 Å². The highest BCUT2D eigenvalue weighted by Gasteiger charge is 2.23. The van der Waals surface area contributed by atoms with Gasteiger partial charge in [0, 0.05) is 59.4 Å². The van der Waals surface area contributed by atoms with Crippen molar-refractivity contribution in [1.29, 1.82) is 0 Å². The van der Waals surface area contributed by atoms with Crippen LogP contribution in [0, 0.1) is 5.82 Å². The van der Waals surface area contributed by atoms with E-state index in [1.165, 1.54) is 24.3 Å². The molecular formula is C20H22FN3O3S. The summed E-state index contributed by atoms with van der Waals surface area (Å²) in [4.78, 5) is 29.2. The normalized spacial score (nSPS) is 15.9. The van der Waals surface area contributed by atoms with E-state index in [0.29, 0.717) is 42.3 Å². The van der Waals surface area contributed by atoms with E-state index < -0.39 is 10.8 Å². The van der Waals surface area contributed by atoms with Crippen molar-refractivity contribution in [2.24, 2.45) is 0 Å². The zero-order chi connectivity index (χ0) is 20.1. The van der Waals surface area contributed by atoms with E-state index in [9.17, 15) is 18.2 Å². The van der Waals surface area contributed by atoms with Crippen LogP contribution in [-0.4, -0.2) is 64.8 Å². The van der Waals surface area contributed by atoms with Gasteiger partial charge in [-0.3, -0.25) is 18.7 Å². The number of piperazine rings is 1. The molecule has 1 aliphatic heterocycles. The van der Waals surface area contributed by atoms with Crippen LogP contribution in [0.1, 0.15) is 10.4 Å². The molecule has 1 atom stereocenters. The van der Waals surface area contributed by atoms with Crippen molar-refractivity contribution in [3.63, 3.8) is 0 Å². The fourth-order valence-electron chi connectivity index (χ4n) is 3.02. The Labute approximate surface area is 165 Å². The molecule has 1 fully saturated rings. The zero-order valence-electron chi connectivity index (χ0n) is 15.6. The monoisotopic (exact) mass is 403 g/mol. The molecule has 1 heterocycles. The minimum Gasteiger partial charge on any atom is -0.336 e. The van der Waals surface area contributed by atoms with Crippen molar-refractivity contribution >= 4 is 28.3 Å². The number of halogens is 1. The lowest BCUT2D eigenvalue weighted by atomic mass is 10.2. The molecule has 1 saturated heterocycles. The number of hydrogen-bond acceptors (Lipinski definition) is 4. The molecule has 0 spiro atoms. The average molecular weight is 403 g/mol. The van der Waals surface area contributed by atoms with E-state index in [4.69, 9.17) is 0 Å². The topological polar surface area (TPSA) is 69.7 Å². The molecule has 148 valence electrons. The molecule has 2 amide bonds. The number of carbonyl (C=O) groups is 2. The Morgan fingerprint density at radius 1 is 1.00 bits per heavy atom. The van der Waals surface area contributed by atoms with Gasteiger partial charge in [-0.2, -0.15) is 0 Å². The Balaban J connectivity index is 1.48. The molecule has 8 heteroatoms. The maximum Gasteiger partial charge on any atom is 0.253 e. The smallest absolute Gasteiger partial charge is 0.253 e. The lowest BCUT2D eigenvalue weighted by Gasteiger charge is -2.34. The first-order valence-corrected chi connectivity index (χ1v) is 10.5. The SMILES string of the molecule is CS(=O)c1ccc(C(=O)N2CCN(CC(=O)Nc3ccc(F)cc3)CC2)cc1. The fourth-order valence-corrected chi connectivity index (χ4v) is 3.54. The Morgan fingerprint density at radius 3 is 2.18 bits per heavy atom. The van der Waals surface area contributed by atoms with Crippen LogP contribution in [0.4, 0.5) is 10.1 Å². The van der Waals surface area contributed by atoms with Gasteiger partial charge in [-0.1, -0.05) is 0 Å². The van der Waals surface area contributed by atoms with Crippen molar-refractivity contribution in [3.8, 4) is 0 Å². The van der Waals surface area contributed by atoms with Crippen LogP contribution in [0.3, 0.4) is 0 Å². The fraction of sp³-hybridized carbons (Fsp3) is 0.300. The number of carbonyl (C=O) groups excluding carboxylic acids is 2. The second-order valence-corrected chi connectivity index (χ2v) is 7.98. The van der Waals surface area contributed by atoms with Crippen molar-refractivity contribution in [2.45, 2.75) is 4.90 Å². The van der Waals surface area contributed by atoms with Crippen molar-refractivity contribution in [2.75, 3.05) is 44.3 Å². The Kier molecular flexibility index (Phi) is 6.53. The lowest BCUT2D eigenvalue weighted by molar-refractivity contribution is -0.117. The highest BCUT2D eigenvalue weighted by atomic mass is 32.2. The molecule has 1 unspecified atom stereocenters. The first kappa shape index (κ1) is 20.2. The average Bonchev–Trinajstić information content (AvgIpc) is 2.70. The first-order valence-electron chi connectivity index (χ1n) is 8.93. The van der Waals surface area contributed by atoms with Crippen LogP contribution >= 0.6 is 0 Å². The summed E-state index contributed by atoms with van der Waals surface area (Å²) in [5.74, 6) is -0.588. The first-order chi connectivity index (χ1) is 13.4. The molecule has 0 saturated carbocycles. The van der Waals surface area contributed by atoms with E-state index in [-0.39, 0.29) is 24.2 Å². The van der Waals surface area contributed by atoms with Crippen LogP contribution in [-0.2, 0) is 15.6 Å². The summed E-state index contributed by atoms with van der Waals surface area (Å²) in [5.41, 5.74) is 1.12. The number of anilines is 1. The van der Waals surface area contributed by atoms with Crippen LogP contribution in [0.25, 0.3) is 0 Å². The van der Waals surface area contributed by atoms with Gasteiger partial charge in [-0.25, -0.2) is 4.39 Å². The van der Waals surface area contributed by atoms with Gasteiger partial charge in [-0.15, -0.1) is 0 Å². The van der Waals surface area contributed by atoms with Crippen LogP contribution in [0.15, 0.2) is 53.4 Å². The van der Waals surface area contributed by atoms with Crippen molar-refractivity contribution in [3.05, 3.63) is 59.9 Å². The molecule has 0 radical (unpaired) electrons. The largest absolute Gasteiger partial charge is 0.336 e. The van der Waals surface area contributed by atoms with Crippen LogP contribution in [0.2, 0.25) is 0 Å². The maximum atomic E-state index is 12.9. The molecule has 0 aliphatic carbocycles. The third kappa shape index (κ3) is 5.24. The summed E-state index contributed by atoms with van der Waals surface area (Å²) in [6.45, 7) is 2.48. The number of nitrogens with zero attached hydrogens (tertiary/aromatic N) is 2. The predicted molar refractivity (Wildman–Crippen MR) is 106 cm³/mol. The highest BCUT2D eigenvalue weighted by molar-refractivity contribution is 7.84. The van der Waals surface area contributed by atoms with Gasteiger partial charge < -0.3 is 10.2 Å². The summed E-state index contributed by atoms with van der Waals surface area (Å²) in [5, 5.41) is 2.74. The number of amides is 2. The number of benzene rings is 2. The summed E-state index contributed by atoms with van der Waals surface area (Å²) in [6, 6.07) is 12.4. The van der Waals surface area contributed by atoms with Gasteiger partial charge in [0.15, 0.2) is 0 Å². The third-order valence-corrected chi connectivity index (χ3v) is 5.52. The van der Waals surface area contributed by atoms with E-state index >= 15 is 0 Å². The Hall–Kier alpha value is -2.58. The number of nitrogens with one attached hydrogen (secondary N) is 1. The minimum absolute atomic E-state index is 0.0659. The maximum absolute atomic E-state index is 12.9. The van der Waals surface area contributed by atoms with Gasteiger partial charge >= 0.3 is 0 Å². The molecule has 0 aromatic heterocycles. The van der Waals surface area contributed by atoms with E-state index in [1.54, 1.807) is 35.4 Å². The van der Waals surface area contributed by atoms with Gasteiger partial charge in [-0.05, 0) is 48.5 Å². The number of hydrogen-bond donors (Lipinski definition) is 1. The molecule has 2 aromatic rings. The molecule has 2 aromatic carbocycles. The van der Waals surface area contributed by atoms with E-state index in [1.807, 2.05) is 4.90 Å². The summed E-state index contributed by atoms with van der Waals surface area (Å²) in [6.07, 6.45) is 1.60. The van der Waals surface area contributed by atoms with Crippen molar-refractivity contribution < 1.29 is 18.2 Å². The van der Waals surface area contributed by atoms with Crippen molar-refractivity contribution in [1.82, 2.24) is 9.80 Å². The molecule has 1 N–H and O–H groups in total. The quantitative estimate of drug-likeness (QED) is 0.829. The summed E-state index contributed by atoms with van der Waals surface area (Å²) >= 11 is 0. The van der Waals surface area contributed by atoms with E-state index in [2.05, 4.69) is 5.32 Å². The molecule has 28 heavy (non-hydrogen) atoms. The molecule has 3 rings (SSSR count). The zero-order valence-corrected chi connectivity index (χ0v) is 16.4. The second kappa shape index (κ2) is 9.07. The third-order valence-electron chi connectivity index (χ3n) is 4.59. The summed E-state index contributed by atoms with van der Waals surface area (Å²) in [7, 11) is -1.07. The Morgan fingerprint density at radius 2 is 1.61 bits per heavy atom. The van der Waals surface area contributed by atoms with E-state index in [0.717, 1.165) is 0 Å². The van der Waals surface area contributed by atoms with Gasteiger partial charge in [0.05, 0.1) is 6.54 Å². The molecule has 6 nitrogen and oxygen atoms in total. The molecule has 1 aliphatic rings. The van der Waals surface area contributed by atoms with Crippen LogP contribution in [0.5, 0.6) is 0 Å². The Bertz CT molecular complexity index is 863. The highest BCUT2D eigenvalue weighted by Crippen LogP contribution is 2.13. The number of rotatable bonds is 5. The van der Waals surface area contributed by atoms with Crippen LogP contribution < -0.4 is 5.32 Å². The molecule has 0 bridgehead atoms. The predicted octanol–water partition coefficient (Wildman–Crippen LogP) is 1.96. The second-order valence-electron chi connectivity index (χ2n) is 6.60. The lowest BCUT2D eigenvalue weighted by Crippen LogP contribution is -2.50. The van der Waals surface area contributed by atoms with Gasteiger partial charge in [0.1, 0.15) is 5.82 Å². The minimum atomic E-state index is -1.07. The molecular weight excluding hydrogens is 381 g/mol. The summed E-state index contributed by atoms with van der Waals surface area (Å²) < 4.78 is 24.4.